The number of hydrogen-bond acceptors (Lipinski definition) is 5. The van der Waals surface area contributed by atoms with E-state index in [1.54, 1.807) is 18.3 Å². The molecule has 1 N–H and O–H groups in total. The molecule has 108 valence electrons. The van der Waals surface area contributed by atoms with Crippen LogP contribution in [0, 0.1) is 10.1 Å². The number of benzene rings is 1. The summed E-state index contributed by atoms with van der Waals surface area (Å²) in [5.41, 5.74) is 0.0777. The van der Waals surface area contributed by atoms with Crippen molar-refractivity contribution in [3.05, 3.63) is 62.4 Å². The molecule has 8 heteroatoms. The first-order valence-electron chi connectivity index (χ1n) is 5.76. The highest BCUT2D eigenvalue weighted by Crippen LogP contribution is 2.25. The quantitative estimate of drug-likeness (QED) is 0.385. The summed E-state index contributed by atoms with van der Waals surface area (Å²) in [6, 6.07) is 7.04. The van der Waals surface area contributed by atoms with Crippen LogP contribution >= 0.6 is 15.9 Å². The minimum atomic E-state index is -0.800. The molecular weight excluding hydrogens is 344 g/mol. The number of esters is 1. The van der Waals surface area contributed by atoms with Crippen molar-refractivity contribution in [2.45, 2.75) is 0 Å². The SMILES string of the molecule is O=C(OCC(=O)c1ccc[nH]1)c1ccc(Br)c([N+](=O)[O-])c1. The van der Waals surface area contributed by atoms with Gasteiger partial charge in [0.05, 0.1) is 20.7 Å². The Morgan fingerprint density at radius 2 is 2.10 bits per heavy atom. The molecule has 0 atom stereocenters. The lowest BCUT2D eigenvalue weighted by Crippen LogP contribution is -2.14. The molecule has 1 heterocycles. The topological polar surface area (TPSA) is 102 Å². The van der Waals surface area contributed by atoms with Crippen LogP contribution in [0.15, 0.2) is 41.0 Å². The zero-order valence-electron chi connectivity index (χ0n) is 10.5. The van der Waals surface area contributed by atoms with E-state index in [1.807, 2.05) is 0 Å². The lowest BCUT2D eigenvalue weighted by atomic mass is 10.2. The molecule has 0 bridgehead atoms. The Hall–Kier alpha value is -2.48. The first-order chi connectivity index (χ1) is 9.99. The fourth-order valence-electron chi connectivity index (χ4n) is 1.58. The second-order valence-electron chi connectivity index (χ2n) is 4.01. The largest absolute Gasteiger partial charge is 0.454 e. The van der Waals surface area contributed by atoms with Gasteiger partial charge in [-0.15, -0.1) is 0 Å². The maximum Gasteiger partial charge on any atom is 0.338 e. The van der Waals surface area contributed by atoms with Crippen LogP contribution in [-0.4, -0.2) is 28.3 Å². The van der Waals surface area contributed by atoms with E-state index >= 15 is 0 Å². The van der Waals surface area contributed by atoms with Crippen LogP contribution in [0.1, 0.15) is 20.8 Å². The van der Waals surface area contributed by atoms with Gasteiger partial charge in [0, 0.05) is 12.3 Å². The van der Waals surface area contributed by atoms with Crippen molar-refractivity contribution in [3.63, 3.8) is 0 Å². The first-order valence-corrected chi connectivity index (χ1v) is 6.56. The molecule has 1 aromatic heterocycles. The van der Waals surface area contributed by atoms with Gasteiger partial charge in [0.1, 0.15) is 0 Å². The number of aromatic nitrogens is 1. The number of Topliss-reactive ketones (excluding diaryl/α,β-unsaturated/α-hetero) is 1. The number of nitro groups is 1. The van der Waals surface area contributed by atoms with E-state index in [1.165, 1.54) is 12.1 Å². The number of carbonyl (C=O) groups is 2. The second kappa shape index (κ2) is 6.31. The Kier molecular flexibility index (Phi) is 4.49. The highest BCUT2D eigenvalue weighted by Gasteiger charge is 2.18. The molecule has 0 saturated heterocycles. The number of ether oxygens (including phenoxy) is 1. The summed E-state index contributed by atoms with van der Waals surface area (Å²) in [5, 5.41) is 10.8. The van der Waals surface area contributed by atoms with Gasteiger partial charge in [-0.3, -0.25) is 14.9 Å². The highest BCUT2D eigenvalue weighted by atomic mass is 79.9. The van der Waals surface area contributed by atoms with Gasteiger partial charge in [0.2, 0.25) is 5.78 Å². The molecule has 0 aliphatic rings. The van der Waals surface area contributed by atoms with Crippen molar-refractivity contribution in [3.8, 4) is 0 Å². The maximum atomic E-state index is 11.8. The van der Waals surface area contributed by atoms with E-state index in [9.17, 15) is 19.7 Å². The van der Waals surface area contributed by atoms with Gasteiger partial charge in [0.15, 0.2) is 6.61 Å². The van der Waals surface area contributed by atoms with E-state index in [2.05, 4.69) is 20.9 Å². The molecule has 7 nitrogen and oxygen atoms in total. The van der Waals surface area contributed by atoms with Crippen LogP contribution in [0.2, 0.25) is 0 Å². The normalized spacial score (nSPS) is 10.1. The minimum Gasteiger partial charge on any atom is -0.454 e. The molecule has 2 aromatic rings. The van der Waals surface area contributed by atoms with Crippen molar-refractivity contribution in [2.75, 3.05) is 6.61 Å². The average Bonchev–Trinajstić information content (AvgIpc) is 2.98. The molecule has 0 radical (unpaired) electrons. The van der Waals surface area contributed by atoms with Crippen LogP contribution in [0.4, 0.5) is 5.69 Å². The molecule has 0 saturated carbocycles. The monoisotopic (exact) mass is 352 g/mol. The molecule has 1 aromatic carbocycles. The third-order valence-corrected chi connectivity index (χ3v) is 3.28. The summed E-state index contributed by atoms with van der Waals surface area (Å²) in [6.45, 7) is -0.441. The average molecular weight is 353 g/mol. The molecule has 0 amide bonds. The van der Waals surface area contributed by atoms with E-state index < -0.39 is 17.5 Å². The lowest BCUT2D eigenvalue weighted by Gasteiger charge is -2.04. The van der Waals surface area contributed by atoms with Crippen LogP contribution in [-0.2, 0) is 4.74 Å². The molecule has 0 aliphatic heterocycles. The van der Waals surface area contributed by atoms with Gasteiger partial charge in [-0.1, -0.05) is 0 Å². The Bertz CT molecular complexity index is 697. The summed E-state index contributed by atoms with van der Waals surface area (Å²) in [7, 11) is 0. The smallest absolute Gasteiger partial charge is 0.338 e. The number of H-pyrrole nitrogens is 1. The first kappa shape index (κ1) is 14.9. The van der Waals surface area contributed by atoms with Gasteiger partial charge >= 0.3 is 5.97 Å². The number of hydrogen-bond donors (Lipinski definition) is 1. The summed E-state index contributed by atoms with van der Waals surface area (Å²) in [6.07, 6.45) is 1.58. The number of halogens is 1. The third kappa shape index (κ3) is 3.54. The fraction of sp³-hybridized carbons (Fsp3) is 0.0769. The van der Waals surface area contributed by atoms with Crippen molar-refractivity contribution >= 4 is 33.4 Å². The Labute approximate surface area is 127 Å². The van der Waals surface area contributed by atoms with E-state index in [0.29, 0.717) is 5.69 Å². The second-order valence-corrected chi connectivity index (χ2v) is 4.86. The highest BCUT2D eigenvalue weighted by molar-refractivity contribution is 9.10. The zero-order chi connectivity index (χ0) is 15.4. The van der Waals surface area contributed by atoms with Crippen molar-refractivity contribution in [2.24, 2.45) is 0 Å². The van der Waals surface area contributed by atoms with Crippen molar-refractivity contribution in [1.82, 2.24) is 4.98 Å². The maximum absolute atomic E-state index is 11.8. The van der Waals surface area contributed by atoms with Crippen LogP contribution in [0.5, 0.6) is 0 Å². The molecule has 2 rings (SSSR count). The Morgan fingerprint density at radius 1 is 1.33 bits per heavy atom. The van der Waals surface area contributed by atoms with Gasteiger partial charge < -0.3 is 9.72 Å². The van der Waals surface area contributed by atoms with Crippen LogP contribution in [0.3, 0.4) is 0 Å². The number of ketones is 1. The molecule has 0 fully saturated rings. The number of carbonyl (C=O) groups excluding carboxylic acids is 2. The van der Waals surface area contributed by atoms with Gasteiger partial charge in [0.25, 0.3) is 5.69 Å². The van der Waals surface area contributed by atoms with Gasteiger partial charge in [-0.25, -0.2) is 4.79 Å². The van der Waals surface area contributed by atoms with E-state index in [-0.39, 0.29) is 21.5 Å². The number of nitrogens with zero attached hydrogens (tertiary/aromatic N) is 1. The zero-order valence-corrected chi connectivity index (χ0v) is 12.1. The van der Waals surface area contributed by atoms with Crippen LogP contribution in [0.25, 0.3) is 0 Å². The van der Waals surface area contributed by atoms with Crippen LogP contribution < -0.4 is 0 Å². The summed E-state index contributed by atoms with van der Waals surface area (Å²) >= 11 is 3.02. The number of aromatic amines is 1. The Balaban J connectivity index is 2.05. The summed E-state index contributed by atoms with van der Waals surface area (Å²) < 4.78 is 5.10. The summed E-state index contributed by atoms with van der Waals surface area (Å²) in [5.74, 6) is -1.19. The standard InChI is InChI=1S/C13H9BrN2O5/c14-9-4-3-8(6-11(9)16(19)20)13(18)21-7-12(17)10-2-1-5-15-10/h1-6,15H,7H2. The molecule has 0 aliphatic carbocycles. The van der Waals surface area contributed by atoms with Crippen molar-refractivity contribution < 1.29 is 19.2 Å². The minimum absolute atomic E-state index is 0.00388. The molecule has 21 heavy (non-hydrogen) atoms. The predicted molar refractivity (Wildman–Crippen MR) is 76.2 cm³/mol. The third-order valence-electron chi connectivity index (χ3n) is 2.61. The Morgan fingerprint density at radius 3 is 2.71 bits per heavy atom. The van der Waals surface area contributed by atoms with E-state index in [4.69, 9.17) is 4.74 Å². The van der Waals surface area contributed by atoms with E-state index in [0.717, 1.165) is 6.07 Å². The molecule has 0 spiro atoms. The van der Waals surface area contributed by atoms with Gasteiger partial charge in [-0.05, 0) is 40.2 Å². The number of nitro benzene ring substituents is 1. The van der Waals surface area contributed by atoms with Gasteiger partial charge in [-0.2, -0.15) is 0 Å². The van der Waals surface area contributed by atoms with Crippen molar-refractivity contribution in [1.29, 1.82) is 0 Å². The fourth-order valence-corrected chi connectivity index (χ4v) is 1.97. The molecule has 0 unspecified atom stereocenters. The molecular formula is C13H9BrN2O5. The summed E-state index contributed by atoms with van der Waals surface area (Å²) in [4.78, 5) is 36.3. The number of nitrogens with one attached hydrogen (secondary N) is 1. The predicted octanol–water partition coefficient (Wildman–Crippen LogP) is 2.73. The lowest BCUT2D eigenvalue weighted by molar-refractivity contribution is -0.385. The number of rotatable bonds is 5.